The topological polar surface area (TPSA) is 26.0 Å². The van der Waals surface area contributed by atoms with Crippen LogP contribution in [0.2, 0.25) is 0 Å². The highest BCUT2D eigenvalue weighted by Gasteiger charge is 2.42. The van der Waals surface area contributed by atoms with Crippen molar-refractivity contribution in [1.82, 2.24) is 0 Å². The predicted octanol–water partition coefficient (Wildman–Crippen LogP) is 9.98. The van der Waals surface area contributed by atoms with Crippen molar-refractivity contribution in [2.24, 2.45) is 10.8 Å². The second kappa shape index (κ2) is 11.1. The summed E-state index contributed by atoms with van der Waals surface area (Å²) >= 11 is 0. The number of fused-ring (bicyclic) bond motifs is 6. The van der Waals surface area contributed by atoms with Gasteiger partial charge in [0, 0.05) is 5.69 Å². The van der Waals surface area contributed by atoms with E-state index < -0.39 is 0 Å². The molecule has 2 aliphatic rings. The number of allylic oxidation sites excluding steroid dienone is 3. The lowest BCUT2D eigenvalue weighted by Gasteiger charge is -2.41. The average molecular weight is 494 g/mol. The van der Waals surface area contributed by atoms with Crippen LogP contribution < -0.4 is 5.73 Å². The molecule has 1 nitrogen and oxygen atoms in total. The zero-order valence-electron chi connectivity index (χ0n) is 24.4. The fourth-order valence-electron chi connectivity index (χ4n) is 4.87. The Balaban J connectivity index is 0.000000329. The van der Waals surface area contributed by atoms with Crippen LogP contribution in [0.4, 0.5) is 5.69 Å². The molecule has 0 bridgehead atoms. The van der Waals surface area contributed by atoms with Crippen molar-refractivity contribution in [3.8, 4) is 0 Å². The summed E-state index contributed by atoms with van der Waals surface area (Å²) in [7, 11) is 0. The molecular weight excluding hydrogens is 446 g/mol. The fourth-order valence-corrected chi connectivity index (χ4v) is 4.87. The summed E-state index contributed by atoms with van der Waals surface area (Å²) in [4.78, 5) is 0. The molecule has 37 heavy (non-hydrogen) atoms. The van der Waals surface area contributed by atoms with Crippen molar-refractivity contribution in [2.75, 3.05) is 5.73 Å². The van der Waals surface area contributed by atoms with Crippen LogP contribution in [0, 0.1) is 10.8 Å². The zero-order valence-corrected chi connectivity index (χ0v) is 24.4. The van der Waals surface area contributed by atoms with E-state index in [0.717, 1.165) is 24.9 Å². The van der Waals surface area contributed by atoms with Crippen LogP contribution in [-0.4, -0.2) is 0 Å². The second-order valence-electron chi connectivity index (χ2n) is 12.1. The first-order valence-electron chi connectivity index (χ1n) is 13.9. The summed E-state index contributed by atoms with van der Waals surface area (Å²) in [6, 6.07) is 24.0. The Morgan fingerprint density at radius 1 is 0.730 bits per heavy atom. The van der Waals surface area contributed by atoms with Gasteiger partial charge < -0.3 is 5.73 Å². The minimum atomic E-state index is -0.320. The van der Waals surface area contributed by atoms with E-state index in [1.807, 2.05) is 19.9 Å². The smallest absolute Gasteiger partial charge is 0.0644 e. The quantitative estimate of drug-likeness (QED) is 0.245. The first-order chi connectivity index (χ1) is 17.4. The van der Waals surface area contributed by atoms with Gasteiger partial charge in [-0.25, -0.2) is 0 Å². The Hall–Kier alpha value is -3.06. The maximum Gasteiger partial charge on any atom is 0.0644 e. The van der Waals surface area contributed by atoms with E-state index in [0.29, 0.717) is 10.8 Å². The van der Waals surface area contributed by atoms with E-state index in [2.05, 4.69) is 121 Å². The molecule has 3 aromatic carbocycles. The summed E-state index contributed by atoms with van der Waals surface area (Å²) in [5, 5.41) is 0. The third-order valence-electron chi connectivity index (χ3n) is 8.35. The number of nitrogens with two attached hydrogens (primary N) is 1. The molecule has 0 aliphatic heterocycles. The summed E-state index contributed by atoms with van der Waals surface area (Å²) in [5.74, 6) is 0. The number of anilines is 1. The van der Waals surface area contributed by atoms with Gasteiger partial charge in [0.05, 0.1) is 5.41 Å². The average Bonchev–Trinajstić information content (AvgIpc) is 2.86. The van der Waals surface area contributed by atoms with Crippen molar-refractivity contribution >= 4 is 11.3 Å². The summed E-state index contributed by atoms with van der Waals surface area (Å²) < 4.78 is 0. The summed E-state index contributed by atoms with van der Waals surface area (Å²) in [6.07, 6.45) is 7.69. The number of nitrogen functional groups attached to an aromatic ring is 1. The van der Waals surface area contributed by atoms with Gasteiger partial charge in [-0.05, 0) is 81.2 Å². The first kappa shape index (κ1) is 28.5. The highest BCUT2D eigenvalue weighted by molar-refractivity contribution is 5.75. The molecular formula is C36H47N. The largest absolute Gasteiger partial charge is 0.399 e. The molecule has 3 aromatic rings. The zero-order chi connectivity index (χ0) is 27.4. The third-order valence-corrected chi connectivity index (χ3v) is 8.35. The van der Waals surface area contributed by atoms with Crippen LogP contribution in [0.1, 0.15) is 102 Å². The van der Waals surface area contributed by atoms with E-state index in [4.69, 9.17) is 5.73 Å². The van der Waals surface area contributed by atoms with Crippen LogP contribution in [0.5, 0.6) is 0 Å². The molecule has 2 aliphatic carbocycles. The van der Waals surface area contributed by atoms with Gasteiger partial charge in [-0.1, -0.05) is 129 Å². The Kier molecular flexibility index (Phi) is 8.58. The maximum absolute atomic E-state index is 6.27. The normalized spacial score (nSPS) is 18.1. The molecule has 0 fully saturated rings. The van der Waals surface area contributed by atoms with E-state index >= 15 is 0 Å². The highest BCUT2D eigenvalue weighted by atomic mass is 14.6. The van der Waals surface area contributed by atoms with Crippen molar-refractivity contribution < 1.29 is 0 Å². The van der Waals surface area contributed by atoms with Crippen molar-refractivity contribution in [3.05, 3.63) is 119 Å². The third kappa shape index (κ3) is 5.61. The van der Waals surface area contributed by atoms with Crippen LogP contribution in [0.25, 0.3) is 5.57 Å². The van der Waals surface area contributed by atoms with Gasteiger partial charge in [0.15, 0.2) is 0 Å². The fraction of sp³-hybridized carbons (Fsp3) is 0.389. The Labute approximate surface area is 226 Å². The van der Waals surface area contributed by atoms with E-state index in [1.165, 1.54) is 39.0 Å². The Morgan fingerprint density at radius 2 is 1.30 bits per heavy atom. The molecule has 0 amide bonds. The second-order valence-corrected chi connectivity index (χ2v) is 12.1. The van der Waals surface area contributed by atoms with Crippen molar-refractivity contribution in [3.63, 3.8) is 0 Å². The molecule has 0 heterocycles. The lowest BCUT2D eigenvalue weighted by atomic mass is 9.61. The molecule has 1 unspecified atom stereocenters. The lowest BCUT2D eigenvalue weighted by molar-refractivity contribution is 0.157. The van der Waals surface area contributed by atoms with Gasteiger partial charge in [0.25, 0.3) is 0 Å². The molecule has 2 N–H and O–H groups in total. The summed E-state index contributed by atoms with van der Waals surface area (Å²) in [5.41, 5.74) is 16.8. The predicted molar refractivity (Wildman–Crippen MR) is 164 cm³/mol. The van der Waals surface area contributed by atoms with E-state index in [9.17, 15) is 0 Å². The molecule has 0 radical (unpaired) electrons. The molecule has 1 spiro atoms. The van der Waals surface area contributed by atoms with Gasteiger partial charge in [-0.3, -0.25) is 0 Å². The molecule has 0 saturated heterocycles. The lowest BCUT2D eigenvalue weighted by Crippen LogP contribution is -2.34. The molecule has 5 rings (SSSR count). The summed E-state index contributed by atoms with van der Waals surface area (Å²) in [6.45, 7) is 22.0. The molecule has 1 heteroatoms. The monoisotopic (exact) mass is 493 g/mol. The number of hydrogen-bond donors (Lipinski definition) is 1. The van der Waals surface area contributed by atoms with Crippen LogP contribution in [0.3, 0.4) is 0 Å². The first-order valence-corrected chi connectivity index (χ1v) is 13.9. The van der Waals surface area contributed by atoms with E-state index in [1.54, 1.807) is 0 Å². The molecule has 0 aromatic heterocycles. The van der Waals surface area contributed by atoms with Gasteiger partial charge in [0.2, 0.25) is 0 Å². The number of rotatable bonds is 0. The molecule has 0 saturated carbocycles. The Bertz CT molecular complexity index is 1250. The minimum Gasteiger partial charge on any atom is -0.399 e. The van der Waals surface area contributed by atoms with Gasteiger partial charge in [-0.2, -0.15) is 0 Å². The Morgan fingerprint density at radius 3 is 1.95 bits per heavy atom. The number of hydrogen-bond acceptors (Lipinski definition) is 1. The molecule has 1 atom stereocenters. The van der Waals surface area contributed by atoms with Crippen molar-refractivity contribution in [2.45, 2.75) is 80.1 Å². The van der Waals surface area contributed by atoms with Crippen LogP contribution in [0.15, 0.2) is 85.5 Å². The van der Waals surface area contributed by atoms with Crippen LogP contribution in [-0.2, 0) is 11.8 Å². The van der Waals surface area contributed by atoms with Crippen LogP contribution >= 0.6 is 0 Å². The van der Waals surface area contributed by atoms with Crippen molar-refractivity contribution in [1.29, 1.82) is 0 Å². The number of benzene rings is 3. The van der Waals surface area contributed by atoms with E-state index in [-0.39, 0.29) is 5.41 Å². The molecule has 196 valence electrons. The van der Waals surface area contributed by atoms with Gasteiger partial charge in [0.1, 0.15) is 0 Å². The minimum absolute atomic E-state index is 0.320. The highest BCUT2D eigenvalue weighted by Crippen LogP contribution is 2.50. The van der Waals surface area contributed by atoms with Gasteiger partial charge >= 0.3 is 0 Å². The maximum atomic E-state index is 6.27. The van der Waals surface area contributed by atoms with Gasteiger partial charge in [-0.15, -0.1) is 0 Å². The standard InChI is InChI=1S/C26H23N.C8H18.C2H6/c1-18-8-6-7-15-26(24-12-5-3-10-22(18)24)23-11-4-2-9-19(23)16-20-13-14-21(27)17-25(20)26;1-7(2,3)8(4,5)6;1-2/h2-5,7,9-15,17H,1,6,8,16,27H2;1-6H3;1-2H3. The SMILES string of the molecule is C=C1CCC=CC2(c3ccccc3Cc3ccc(N)cc32)c2ccccc21.CC.CC(C)(C)C(C)(C)C.